The number of benzene rings is 1. The van der Waals surface area contributed by atoms with Crippen molar-refractivity contribution in [1.82, 2.24) is 0 Å². The van der Waals surface area contributed by atoms with Gasteiger partial charge in [-0.15, -0.1) is 0 Å². The van der Waals surface area contributed by atoms with E-state index in [1.807, 2.05) is 0 Å². The van der Waals surface area contributed by atoms with E-state index in [9.17, 15) is 9.90 Å². The molecule has 0 saturated carbocycles. The quantitative estimate of drug-likeness (QED) is 0.312. The Kier molecular flexibility index (Phi) is 14.7. The van der Waals surface area contributed by atoms with Gasteiger partial charge in [0.15, 0.2) is 0 Å². The van der Waals surface area contributed by atoms with Crippen LogP contribution in [0.5, 0.6) is 0 Å². The molecule has 3 heteroatoms. The lowest BCUT2D eigenvalue weighted by molar-refractivity contribution is -0.126. The van der Waals surface area contributed by atoms with Gasteiger partial charge in [-0.3, -0.25) is 4.79 Å². The van der Waals surface area contributed by atoms with Crippen LogP contribution in [0.1, 0.15) is 102 Å². The fourth-order valence-corrected chi connectivity index (χ4v) is 3.58. The topological polar surface area (TPSA) is 63.3 Å². The fraction of sp³-hybridized carbons (Fsp3) is 0.708. The zero-order valence-corrected chi connectivity index (χ0v) is 17.2. The molecule has 0 aromatic heterocycles. The Hall–Kier alpha value is -1.35. The van der Waals surface area contributed by atoms with Crippen molar-refractivity contribution in [2.24, 2.45) is 5.73 Å². The van der Waals surface area contributed by atoms with Gasteiger partial charge in [0.05, 0.1) is 0 Å². The number of aryl methyl sites for hydroxylation is 1. The summed E-state index contributed by atoms with van der Waals surface area (Å²) in [7, 11) is 0. The van der Waals surface area contributed by atoms with Crippen LogP contribution in [0.25, 0.3) is 0 Å². The highest BCUT2D eigenvalue weighted by Gasteiger charge is 2.09. The third-order valence-electron chi connectivity index (χ3n) is 5.36. The molecule has 3 N–H and O–H groups in total. The van der Waals surface area contributed by atoms with Gasteiger partial charge in [0.2, 0.25) is 5.91 Å². The summed E-state index contributed by atoms with van der Waals surface area (Å²) in [5.41, 5.74) is 6.50. The summed E-state index contributed by atoms with van der Waals surface area (Å²) in [6.07, 6.45) is 18.9. The van der Waals surface area contributed by atoms with Crippen LogP contribution in [0.15, 0.2) is 30.3 Å². The third kappa shape index (κ3) is 14.4. The van der Waals surface area contributed by atoms with Crippen LogP contribution >= 0.6 is 0 Å². The first-order valence-electron chi connectivity index (χ1n) is 11.2. The average Bonchev–Trinajstić information content (AvgIpc) is 2.68. The number of amides is 1. The van der Waals surface area contributed by atoms with Gasteiger partial charge >= 0.3 is 0 Å². The molecule has 0 fully saturated rings. The molecule has 3 nitrogen and oxygen atoms in total. The molecule has 1 amide bonds. The van der Waals surface area contributed by atoms with Gasteiger partial charge in [0, 0.05) is 0 Å². The van der Waals surface area contributed by atoms with Crippen LogP contribution in [-0.2, 0) is 11.2 Å². The number of hydrogen-bond donors (Lipinski definition) is 2. The number of hydrogen-bond acceptors (Lipinski definition) is 2. The highest BCUT2D eigenvalue weighted by Crippen LogP contribution is 2.14. The second kappa shape index (κ2) is 16.8. The largest absolute Gasteiger partial charge is 0.383 e. The zero-order chi connectivity index (χ0) is 19.6. The maximum atomic E-state index is 10.7. The first-order chi connectivity index (χ1) is 13.2. The van der Waals surface area contributed by atoms with E-state index in [1.165, 1.54) is 89.0 Å². The SMILES string of the molecule is NC(=O)C(O)CCCCCCCCCCCCCCCCc1ccccc1. The van der Waals surface area contributed by atoms with E-state index in [1.54, 1.807) is 0 Å². The normalized spacial score (nSPS) is 12.2. The maximum absolute atomic E-state index is 10.7. The molecular formula is C24H41NO2. The van der Waals surface area contributed by atoms with Crippen molar-refractivity contribution < 1.29 is 9.90 Å². The minimum Gasteiger partial charge on any atom is -0.383 e. The molecular weight excluding hydrogens is 334 g/mol. The summed E-state index contributed by atoms with van der Waals surface area (Å²) in [6, 6.07) is 10.8. The second-order valence-electron chi connectivity index (χ2n) is 7.89. The van der Waals surface area contributed by atoms with Crippen LogP contribution in [0, 0.1) is 0 Å². The van der Waals surface area contributed by atoms with Gasteiger partial charge in [0.25, 0.3) is 0 Å². The summed E-state index contributed by atoms with van der Waals surface area (Å²) in [5, 5.41) is 9.30. The Labute approximate surface area is 166 Å². The number of rotatable bonds is 18. The van der Waals surface area contributed by atoms with Crippen LogP contribution in [-0.4, -0.2) is 17.1 Å². The summed E-state index contributed by atoms with van der Waals surface area (Å²) < 4.78 is 0. The molecule has 1 unspecified atom stereocenters. The molecule has 0 bridgehead atoms. The van der Waals surface area contributed by atoms with E-state index in [0.717, 1.165) is 12.8 Å². The monoisotopic (exact) mass is 375 g/mol. The van der Waals surface area contributed by atoms with Crippen molar-refractivity contribution in [3.8, 4) is 0 Å². The summed E-state index contributed by atoms with van der Waals surface area (Å²) in [5.74, 6) is -0.595. The smallest absolute Gasteiger partial charge is 0.246 e. The van der Waals surface area contributed by atoms with Crippen molar-refractivity contribution in [3.05, 3.63) is 35.9 Å². The number of primary amides is 1. The van der Waals surface area contributed by atoms with Crippen LogP contribution < -0.4 is 5.73 Å². The number of aliphatic hydroxyl groups excluding tert-OH is 1. The van der Waals surface area contributed by atoms with Gasteiger partial charge in [0.1, 0.15) is 6.10 Å². The van der Waals surface area contributed by atoms with Gasteiger partial charge in [-0.05, 0) is 24.8 Å². The van der Waals surface area contributed by atoms with E-state index in [-0.39, 0.29) is 0 Å². The molecule has 0 aliphatic carbocycles. The molecule has 27 heavy (non-hydrogen) atoms. The number of nitrogens with two attached hydrogens (primary N) is 1. The number of carbonyl (C=O) groups excluding carboxylic acids is 1. The lowest BCUT2D eigenvalue weighted by Crippen LogP contribution is -2.27. The van der Waals surface area contributed by atoms with Crippen molar-refractivity contribution in [2.45, 2.75) is 109 Å². The van der Waals surface area contributed by atoms with Crippen LogP contribution in [0.4, 0.5) is 0 Å². The minimum absolute atomic E-state index is 0.515. The highest BCUT2D eigenvalue weighted by molar-refractivity contribution is 5.78. The molecule has 0 aliphatic heterocycles. The zero-order valence-electron chi connectivity index (χ0n) is 17.2. The number of carbonyl (C=O) groups is 1. The Bertz CT molecular complexity index is 461. The number of aliphatic hydroxyl groups is 1. The average molecular weight is 376 g/mol. The summed E-state index contributed by atoms with van der Waals surface area (Å²) >= 11 is 0. The van der Waals surface area contributed by atoms with E-state index in [2.05, 4.69) is 30.3 Å². The molecule has 1 atom stereocenters. The predicted octanol–water partition coefficient (Wildman–Crippen LogP) is 5.93. The molecule has 1 rings (SSSR count). The predicted molar refractivity (Wildman–Crippen MR) is 115 cm³/mol. The van der Waals surface area contributed by atoms with Gasteiger partial charge in [-0.2, -0.15) is 0 Å². The molecule has 0 aliphatic rings. The van der Waals surface area contributed by atoms with Crippen LogP contribution in [0.2, 0.25) is 0 Å². The maximum Gasteiger partial charge on any atom is 0.246 e. The van der Waals surface area contributed by atoms with E-state index in [0.29, 0.717) is 6.42 Å². The molecule has 0 spiro atoms. The Morgan fingerprint density at radius 1 is 0.704 bits per heavy atom. The molecule has 0 radical (unpaired) electrons. The summed E-state index contributed by atoms with van der Waals surface area (Å²) in [4.78, 5) is 10.7. The lowest BCUT2D eigenvalue weighted by atomic mass is 10.0. The number of unbranched alkanes of at least 4 members (excludes halogenated alkanes) is 13. The molecule has 0 heterocycles. The van der Waals surface area contributed by atoms with Crippen LogP contribution in [0.3, 0.4) is 0 Å². The van der Waals surface area contributed by atoms with Gasteiger partial charge < -0.3 is 10.8 Å². The molecule has 154 valence electrons. The Morgan fingerprint density at radius 2 is 1.11 bits per heavy atom. The first kappa shape index (κ1) is 23.7. The lowest BCUT2D eigenvalue weighted by Gasteiger charge is -2.06. The molecule has 1 aromatic rings. The van der Waals surface area contributed by atoms with E-state index < -0.39 is 12.0 Å². The van der Waals surface area contributed by atoms with Crippen molar-refractivity contribution in [2.75, 3.05) is 0 Å². The summed E-state index contributed by atoms with van der Waals surface area (Å²) in [6.45, 7) is 0. The fourth-order valence-electron chi connectivity index (χ4n) is 3.58. The van der Waals surface area contributed by atoms with Crippen molar-refractivity contribution >= 4 is 5.91 Å². The van der Waals surface area contributed by atoms with E-state index in [4.69, 9.17) is 5.73 Å². The van der Waals surface area contributed by atoms with E-state index >= 15 is 0 Å². The minimum atomic E-state index is -0.950. The second-order valence-corrected chi connectivity index (χ2v) is 7.89. The Balaban J connectivity index is 1.72. The van der Waals surface area contributed by atoms with Crippen molar-refractivity contribution in [1.29, 1.82) is 0 Å². The van der Waals surface area contributed by atoms with Gasteiger partial charge in [-0.25, -0.2) is 0 Å². The molecule has 1 aromatic carbocycles. The standard InChI is InChI=1S/C24H41NO2/c25-24(27)23(26)21-17-12-10-8-6-4-2-1-3-5-7-9-11-14-18-22-19-15-13-16-20-22/h13,15-16,19-20,23,26H,1-12,14,17-18,21H2,(H2,25,27). The van der Waals surface area contributed by atoms with Crippen molar-refractivity contribution in [3.63, 3.8) is 0 Å². The first-order valence-corrected chi connectivity index (χ1v) is 11.2. The molecule has 0 saturated heterocycles. The van der Waals surface area contributed by atoms with Gasteiger partial charge in [-0.1, -0.05) is 114 Å². The Morgan fingerprint density at radius 3 is 1.56 bits per heavy atom. The third-order valence-corrected chi connectivity index (χ3v) is 5.36. The highest BCUT2D eigenvalue weighted by atomic mass is 16.3.